The monoisotopic (exact) mass is 302 g/mol. The Morgan fingerprint density at radius 1 is 1.38 bits per heavy atom. The summed E-state index contributed by atoms with van der Waals surface area (Å²) in [6, 6.07) is 0.475. The molecule has 118 valence electrons. The van der Waals surface area contributed by atoms with E-state index in [1.165, 1.54) is 13.2 Å². The average Bonchev–Trinajstić information content (AvgIpc) is 3.17. The van der Waals surface area contributed by atoms with Crippen molar-refractivity contribution in [3.05, 3.63) is 17.7 Å². The molecule has 4 nitrogen and oxygen atoms in total. The van der Waals surface area contributed by atoms with Crippen molar-refractivity contribution in [1.29, 1.82) is 0 Å². The summed E-state index contributed by atoms with van der Waals surface area (Å²) in [5.74, 6) is 0.804. The van der Waals surface area contributed by atoms with Gasteiger partial charge in [0.15, 0.2) is 0 Å². The average molecular weight is 302 g/mol. The molecule has 1 N–H and O–H groups in total. The molecule has 21 heavy (non-hydrogen) atoms. The standard InChI is InChI=1S/C14H21F3N4/c1-9(2)13-19-7-12(21(3)8-14(15,16)17)11(20-13)6-18-10-4-5-10/h7,9-10,18H,4-6,8H2,1-3H3. The molecule has 0 radical (unpaired) electrons. The fourth-order valence-corrected chi connectivity index (χ4v) is 2.04. The molecule has 0 aromatic carbocycles. The van der Waals surface area contributed by atoms with E-state index < -0.39 is 12.7 Å². The maximum atomic E-state index is 12.6. The maximum Gasteiger partial charge on any atom is 0.405 e. The topological polar surface area (TPSA) is 41.1 Å². The van der Waals surface area contributed by atoms with Crippen LogP contribution in [0.5, 0.6) is 0 Å². The van der Waals surface area contributed by atoms with Crippen molar-refractivity contribution in [3.63, 3.8) is 0 Å². The number of hydrogen-bond acceptors (Lipinski definition) is 4. The molecule has 2 rings (SSSR count). The van der Waals surface area contributed by atoms with E-state index in [9.17, 15) is 13.2 Å². The van der Waals surface area contributed by atoms with Gasteiger partial charge in [-0.15, -0.1) is 0 Å². The summed E-state index contributed by atoms with van der Waals surface area (Å²) in [7, 11) is 1.42. The summed E-state index contributed by atoms with van der Waals surface area (Å²) in [6.07, 6.45) is -0.504. The molecule has 0 unspecified atom stereocenters. The van der Waals surface area contributed by atoms with Crippen molar-refractivity contribution in [1.82, 2.24) is 15.3 Å². The molecule has 1 aliphatic rings. The molecule has 0 amide bonds. The van der Waals surface area contributed by atoms with Gasteiger partial charge in [0.05, 0.1) is 17.6 Å². The molecule has 0 saturated heterocycles. The van der Waals surface area contributed by atoms with Crippen LogP contribution in [0.3, 0.4) is 0 Å². The third-order valence-electron chi connectivity index (χ3n) is 3.34. The lowest BCUT2D eigenvalue weighted by Gasteiger charge is -2.23. The Balaban J connectivity index is 2.20. The third-order valence-corrected chi connectivity index (χ3v) is 3.34. The molecule has 1 aromatic rings. The number of anilines is 1. The van der Waals surface area contributed by atoms with Crippen molar-refractivity contribution in [3.8, 4) is 0 Å². The van der Waals surface area contributed by atoms with E-state index in [-0.39, 0.29) is 5.92 Å². The van der Waals surface area contributed by atoms with Crippen LogP contribution >= 0.6 is 0 Å². The summed E-state index contributed by atoms with van der Waals surface area (Å²) in [4.78, 5) is 9.79. The Morgan fingerprint density at radius 3 is 2.57 bits per heavy atom. The zero-order valence-electron chi connectivity index (χ0n) is 12.5. The molecule has 0 aliphatic heterocycles. The van der Waals surface area contributed by atoms with Gasteiger partial charge in [-0.1, -0.05) is 13.8 Å². The number of aromatic nitrogens is 2. The van der Waals surface area contributed by atoms with Crippen molar-refractivity contribution in [2.75, 3.05) is 18.5 Å². The van der Waals surface area contributed by atoms with Crippen molar-refractivity contribution in [2.24, 2.45) is 0 Å². The van der Waals surface area contributed by atoms with Crippen LogP contribution in [0.4, 0.5) is 18.9 Å². The van der Waals surface area contributed by atoms with E-state index >= 15 is 0 Å². The zero-order chi connectivity index (χ0) is 15.6. The van der Waals surface area contributed by atoms with Gasteiger partial charge in [-0.25, -0.2) is 9.97 Å². The van der Waals surface area contributed by atoms with Crippen molar-refractivity contribution >= 4 is 5.69 Å². The lowest BCUT2D eigenvalue weighted by molar-refractivity contribution is -0.119. The van der Waals surface area contributed by atoms with Gasteiger partial charge >= 0.3 is 6.18 Å². The highest BCUT2D eigenvalue weighted by atomic mass is 19.4. The number of halogens is 3. The molecule has 1 saturated carbocycles. The molecule has 1 aromatic heterocycles. The van der Waals surface area contributed by atoms with Gasteiger partial charge in [0.1, 0.15) is 12.4 Å². The Hall–Kier alpha value is -1.37. The molecule has 1 fully saturated rings. The van der Waals surface area contributed by atoms with Crippen LogP contribution in [-0.4, -0.2) is 35.8 Å². The first-order chi connectivity index (χ1) is 9.76. The van der Waals surface area contributed by atoms with Crippen LogP contribution in [0.25, 0.3) is 0 Å². The largest absolute Gasteiger partial charge is 0.405 e. The van der Waals surface area contributed by atoms with E-state index in [2.05, 4.69) is 15.3 Å². The second-order valence-electron chi connectivity index (χ2n) is 5.84. The zero-order valence-corrected chi connectivity index (χ0v) is 12.5. The highest BCUT2D eigenvalue weighted by Gasteiger charge is 2.30. The molecule has 7 heteroatoms. The van der Waals surface area contributed by atoms with Gasteiger partial charge in [-0.2, -0.15) is 13.2 Å². The molecule has 0 spiro atoms. The first kappa shape index (κ1) is 16.0. The SMILES string of the molecule is CC(C)c1ncc(N(C)CC(F)(F)F)c(CNC2CC2)n1. The minimum atomic E-state index is -4.24. The Labute approximate surface area is 122 Å². The highest BCUT2D eigenvalue weighted by Crippen LogP contribution is 2.25. The normalized spacial score (nSPS) is 15.6. The second kappa shape index (κ2) is 6.17. The molecule has 1 aliphatic carbocycles. The second-order valence-corrected chi connectivity index (χ2v) is 5.84. The van der Waals surface area contributed by atoms with Crippen LogP contribution in [-0.2, 0) is 6.54 Å². The Bertz CT molecular complexity index is 484. The molecule has 0 atom stereocenters. The Kier molecular flexibility index (Phi) is 4.70. The van der Waals surface area contributed by atoms with Crippen molar-refractivity contribution in [2.45, 2.75) is 51.4 Å². The summed E-state index contributed by atoms with van der Waals surface area (Å²) >= 11 is 0. The van der Waals surface area contributed by atoms with Crippen LogP contribution < -0.4 is 10.2 Å². The lowest BCUT2D eigenvalue weighted by atomic mass is 10.2. The van der Waals surface area contributed by atoms with Crippen LogP contribution in [0.2, 0.25) is 0 Å². The van der Waals surface area contributed by atoms with Crippen molar-refractivity contribution < 1.29 is 13.2 Å². The molecule has 0 bridgehead atoms. The first-order valence-electron chi connectivity index (χ1n) is 7.13. The lowest BCUT2D eigenvalue weighted by Crippen LogP contribution is -2.32. The molecular formula is C14H21F3N4. The number of nitrogens with zero attached hydrogens (tertiary/aromatic N) is 3. The number of alkyl halides is 3. The van der Waals surface area contributed by atoms with E-state index in [1.807, 2.05) is 13.8 Å². The van der Waals surface area contributed by atoms with Gasteiger partial charge in [-0.3, -0.25) is 0 Å². The maximum absolute atomic E-state index is 12.6. The van der Waals surface area contributed by atoms with E-state index in [4.69, 9.17) is 0 Å². The predicted octanol–water partition coefficient (Wildman–Crippen LogP) is 2.85. The van der Waals surface area contributed by atoms with E-state index in [0.29, 0.717) is 29.8 Å². The number of nitrogens with one attached hydrogen (secondary N) is 1. The number of hydrogen-bond donors (Lipinski definition) is 1. The van der Waals surface area contributed by atoms with Gasteiger partial charge in [0.25, 0.3) is 0 Å². The fraction of sp³-hybridized carbons (Fsp3) is 0.714. The predicted molar refractivity (Wildman–Crippen MR) is 75.3 cm³/mol. The third kappa shape index (κ3) is 4.84. The van der Waals surface area contributed by atoms with E-state index in [1.54, 1.807) is 0 Å². The van der Waals surface area contributed by atoms with Gasteiger partial charge in [0.2, 0.25) is 0 Å². The minimum absolute atomic E-state index is 0.145. The van der Waals surface area contributed by atoms with Gasteiger partial charge < -0.3 is 10.2 Å². The summed E-state index contributed by atoms with van der Waals surface area (Å²) < 4.78 is 37.7. The smallest absolute Gasteiger partial charge is 0.363 e. The fourth-order valence-electron chi connectivity index (χ4n) is 2.04. The summed E-state index contributed by atoms with van der Waals surface area (Å²) in [5.41, 5.74) is 1.07. The summed E-state index contributed by atoms with van der Waals surface area (Å²) in [6.45, 7) is 3.40. The Morgan fingerprint density at radius 2 is 2.05 bits per heavy atom. The minimum Gasteiger partial charge on any atom is -0.363 e. The van der Waals surface area contributed by atoms with Gasteiger partial charge in [0, 0.05) is 25.6 Å². The van der Waals surface area contributed by atoms with E-state index in [0.717, 1.165) is 17.7 Å². The van der Waals surface area contributed by atoms with Crippen LogP contribution in [0.1, 0.15) is 44.1 Å². The van der Waals surface area contributed by atoms with Gasteiger partial charge in [-0.05, 0) is 12.8 Å². The number of rotatable bonds is 6. The highest BCUT2D eigenvalue weighted by molar-refractivity contribution is 5.48. The quantitative estimate of drug-likeness (QED) is 0.877. The molecular weight excluding hydrogens is 281 g/mol. The molecule has 1 heterocycles. The summed E-state index contributed by atoms with van der Waals surface area (Å²) in [5, 5.41) is 3.30. The van der Waals surface area contributed by atoms with Crippen LogP contribution in [0, 0.1) is 0 Å². The van der Waals surface area contributed by atoms with Crippen LogP contribution in [0.15, 0.2) is 6.20 Å². The first-order valence-corrected chi connectivity index (χ1v) is 7.13.